The standard InChI is InChI=1S/C20H19BrN2O4/c1-23(12-6-11-22)19(24)14-27-20(25)16-8-3-5-10-18(16)26-13-15-7-2-4-9-17(15)21/h2-5,7-10H,6,12-14H2,1H3. The first kappa shape index (κ1) is 20.5. The number of benzene rings is 2. The Morgan fingerprint density at radius 3 is 2.59 bits per heavy atom. The molecule has 27 heavy (non-hydrogen) atoms. The first-order valence-electron chi connectivity index (χ1n) is 8.26. The van der Waals surface area contributed by atoms with Crippen molar-refractivity contribution >= 4 is 27.8 Å². The van der Waals surface area contributed by atoms with Crippen LogP contribution in [0.2, 0.25) is 0 Å². The van der Waals surface area contributed by atoms with Crippen molar-refractivity contribution in [3.8, 4) is 11.8 Å². The zero-order chi connectivity index (χ0) is 19.6. The fraction of sp³-hybridized carbons (Fsp3) is 0.250. The third kappa shape index (κ3) is 6.12. The lowest BCUT2D eigenvalue weighted by Crippen LogP contribution is -2.32. The molecule has 0 aliphatic rings. The van der Waals surface area contributed by atoms with Crippen molar-refractivity contribution in [1.29, 1.82) is 5.26 Å². The highest BCUT2D eigenvalue weighted by atomic mass is 79.9. The molecule has 0 aromatic heterocycles. The van der Waals surface area contributed by atoms with Crippen molar-refractivity contribution in [2.24, 2.45) is 0 Å². The van der Waals surface area contributed by atoms with E-state index in [1.807, 2.05) is 30.3 Å². The Bertz CT molecular complexity index is 848. The van der Waals surface area contributed by atoms with Crippen LogP contribution in [0.4, 0.5) is 0 Å². The molecular formula is C20H19BrN2O4. The quantitative estimate of drug-likeness (QED) is 0.598. The van der Waals surface area contributed by atoms with E-state index >= 15 is 0 Å². The average Bonchev–Trinajstić information content (AvgIpc) is 2.69. The first-order valence-corrected chi connectivity index (χ1v) is 9.05. The Morgan fingerprint density at radius 1 is 1.15 bits per heavy atom. The Morgan fingerprint density at radius 2 is 1.85 bits per heavy atom. The Balaban J connectivity index is 1.98. The molecule has 0 N–H and O–H groups in total. The molecule has 6 nitrogen and oxygen atoms in total. The summed E-state index contributed by atoms with van der Waals surface area (Å²) in [5.74, 6) is -0.631. The van der Waals surface area contributed by atoms with Gasteiger partial charge in [-0.3, -0.25) is 4.79 Å². The molecule has 7 heteroatoms. The number of esters is 1. The summed E-state index contributed by atoms with van der Waals surface area (Å²) in [5.41, 5.74) is 1.19. The molecule has 0 bridgehead atoms. The lowest BCUT2D eigenvalue weighted by atomic mass is 10.2. The van der Waals surface area contributed by atoms with Crippen LogP contribution >= 0.6 is 15.9 Å². The molecule has 0 fully saturated rings. The molecule has 2 aromatic carbocycles. The summed E-state index contributed by atoms with van der Waals surface area (Å²) in [4.78, 5) is 25.6. The van der Waals surface area contributed by atoms with E-state index < -0.39 is 5.97 Å². The molecule has 0 atom stereocenters. The second-order valence-corrected chi connectivity index (χ2v) is 6.53. The number of halogens is 1. The zero-order valence-corrected chi connectivity index (χ0v) is 16.4. The number of hydrogen-bond acceptors (Lipinski definition) is 5. The highest BCUT2D eigenvalue weighted by Gasteiger charge is 2.17. The minimum atomic E-state index is -0.639. The Hall–Kier alpha value is -2.85. The van der Waals surface area contributed by atoms with Gasteiger partial charge in [0.15, 0.2) is 6.61 Å². The van der Waals surface area contributed by atoms with Crippen molar-refractivity contribution in [3.05, 3.63) is 64.1 Å². The highest BCUT2D eigenvalue weighted by Crippen LogP contribution is 2.23. The van der Waals surface area contributed by atoms with E-state index in [1.165, 1.54) is 4.90 Å². The molecule has 0 heterocycles. The summed E-state index contributed by atoms with van der Waals surface area (Å²) in [7, 11) is 1.56. The molecule has 0 aliphatic heterocycles. The van der Waals surface area contributed by atoms with Crippen LogP contribution in [0.15, 0.2) is 53.0 Å². The molecule has 1 amide bonds. The van der Waals surface area contributed by atoms with E-state index in [2.05, 4.69) is 15.9 Å². The molecule has 2 aromatic rings. The maximum absolute atomic E-state index is 12.4. The van der Waals surface area contributed by atoms with Gasteiger partial charge in [-0.2, -0.15) is 5.26 Å². The summed E-state index contributed by atoms with van der Waals surface area (Å²) in [5, 5.41) is 8.55. The van der Waals surface area contributed by atoms with Gasteiger partial charge in [0.25, 0.3) is 5.91 Å². The number of carbonyl (C=O) groups excluding carboxylic acids is 2. The monoisotopic (exact) mass is 430 g/mol. The largest absolute Gasteiger partial charge is 0.488 e. The summed E-state index contributed by atoms with van der Waals surface area (Å²) in [6.07, 6.45) is 0.224. The maximum Gasteiger partial charge on any atom is 0.342 e. The molecule has 0 spiro atoms. The maximum atomic E-state index is 12.4. The number of para-hydroxylation sites is 1. The molecular weight excluding hydrogens is 412 g/mol. The third-order valence-corrected chi connectivity index (χ3v) is 4.53. The van der Waals surface area contributed by atoms with Gasteiger partial charge in [0, 0.05) is 23.6 Å². The normalized spacial score (nSPS) is 9.96. The molecule has 0 aliphatic carbocycles. The number of carbonyl (C=O) groups is 2. The van der Waals surface area contributed by atoms with E-state index in [0.717, 1.165) is 10.0 Å². The third-order valence-electron chi connectivity index (χ3n) is 3.76. The van der Waals surface area contributed by atoms with Crippen molar-refractivity contribution in [2.75, 3.05) is 20.2 Å². The number of ether oxygens (including phenoxy) is 2. The minimum absolute atomic E-state index is 0.224. The van der Waals surface area contributed by atoms with Crippen LogP contribution in [0, 0.1) is 11.3 Å². The van der Waals surface area contributed by atoms with Gasteiger partial charge in [-0.1, -0.05) is 46.3 Å². The molecule has 2 rings (SSSR count). The van der Waals surface area contributed by atoms with Gasteiger partial charge in [0.1, 0.15) is 17.9 Å². The van der Waals surface area contributed by atoms with Gasteiger partial charge in [-0.15, -0.1) is 0 Å². The molecule has 140 valence electrons. The van der Waals surface area contributed by atoms with Gasteiger partial charge in [-0.25, -0.2) is 4.79 Å². The van der Waals surface area contributed by atoms with Crippen LogP contribution in [0.5, 0.6) is 5.75 Å². The van der Waals surface area contributed by atoms with Gasteiger partial charge in [0.2, 0.25) is 0 Å². The van der Waals surface area contributed by atoms with Gasteiger partial charge in [0.05, 0.1) is 12.5 Å². The number of hydrogen-bond donors (Lipinski definition) is 0. The average molecular weight is 431 g/mol. The minimum Gasteiger partial charge on any atom is -0.488 e. The summed E-state index contributed by atoms with van der Waals surface area (Å²) in [6, 6.07) is 16.3. The highest BCUT2D eigenvalue weighted by molar-refractivity contribution is 9.10. The van der Waals surface area contributed by atoms with Crippen LogP contribution in [-0.2, 0) is 16.1 Å². The van der Waals surface area contributed by atoms with Crippen LogP contribution in [0.1, 0.15) is 22.3 Å². The zero-order valence-electron chi connectivity index (χ0n) is 14.9. The predicted octanol–water partition coefficient (Wildman–Crippen LogP) is 3.56. The SMILES string of the molecule is CN(CCC#N)C(=O)COC(=O)c1ccccc1OCc1ccccc1Br. The number of nitriles is 1. The number of likely N-dealkylation sites (N-methyl/N-ethyl adjacent to an activating group) is 1. The second kappa shape index (κ2) is 10.3. The fourth-order valence-electron chi connectivity index (χ4n) is 2.19. The lowest BCUT2D eigenvalue weighted by molar-refractivity contribution is -0.133. The summed E-state index contributed by atoms with van der Waals surface area (Å²) < 4.78 is 11.8. The number of amides is 1. The van der Waals surface area contributed by atoms with Crippen molar-refractivity contribution in [3.63, 3.8) is 0 Å². The van der Waals surface area contributed by atoms with Crippen LogP contribution in [0.25, 0.3) is 0 Å². The van der Waals surface area contributed by atoms with Crippen molar-refractivity contribution in [1.82, 2.24) is 4.90 Å². The van der Waals surface area contributed by atoms with E-state index in [4.69, 9.17) is 14.7 Å². The first-order chi connectivity index (χ1) is 13.0. The lowest BCUT2D eigenvalue weighted by Gasteiger charge is -2.16. The van der Waals surface area contributed by atoms with Crippen molar-refractivity contribution in [2.45, 2.75) is 13.0 Å². The van der Waals surface area contributed by atoms with E-state index in [0.29, 0.717) is 12.3 Å². The predicted molar refractivity (Wildman–Crippen MR) is 103 cm³/mol. The van der Waals surface area contributed by atoms with Crippen LogP contribution in [0.3, 0.4) is 0 Å². The van der Waals surface area contributed by atoms with Gasteiger partial charge < -0.3 is 14.4 Å². The molecule has 0 radical (unpaired) electrons. The Labute approximate surface area is 166 Å². The van der Waals surface area contributed by atoms with E-state index in [-0.39, 0.29) is 31.1 Å². The second-order valence-electron chi connectivity index (χ2n) is 5.68. The van der Waals surface area contributed by atoms with E-state index in [1.54, 1.807) is 31.3 Å². The molecule has 0 unspecified atom stereocenters. The summed E-state index contributed by atoms with van der Waals surface area (Å²) in [6.45, 7) is 0.180. The smallest absolute Gasteiger partial charge is 0.342 e. The van der Waals surface area contributed by atoms with Gasteiger partial charge in [-0.05, 0) is 18.2 Å². The summed E-state index contributed by atoms with van der Waals surface area (Å²) >= 11 is 3.46. The molecule has 0 saturated carbocycles. The fourth-order valence-corrected chi connectivity index (χ4v) is 2.59. The van der Waals surface area contributed by atoms with Gasteiger partial charge >= 0.3 is 5.97 Å². The number of nitrogens with zero attached hydrogens (tertiary/aromatic N) is 2. The van der Waals surface area contributed by atoms with E-state index in [9.17, 15) is 9.59 Å². The van der Waals surface area contributed by atoms with Crippen molar-refractivity contribution < 1.29 is 19.1 Å². The van der Waals surface area contributed by atoms with Crippen LogP contribution in [-0.4, -0.2) is 37.0 Å². The topological polar surface area (TPSA) is 79.6 Å². The van der Waals surface area contributed by atoms with Crippen LogP contribution < -0.4 is 4.74 Å². The number of rotatable bonds is 8. The Kier molecular flexibility index (Phi) is 7.83. The molecule has 0 saturated heterocycles.